The van der Waals surface area contributed by atoms with E-state index < -0.39 is 37.5 Å². The maximum Gasteiger partial charge on any atom is 0.342 e. The van der Waals surface area contributed by atoms with Gasteiger partial charge in [0.1, 0.15) is 44.7 Å². The van der Waals surface area contributed by atoms with E-state index in [1.165, 1.54) is 77.0 Å². The van der Waals surface area contributed by atoms with Gasteiger partial charge in [-0.25, -0.2) is 24.3 Å². The maximum absolute atomic E-state index is 11.9. The molecule has 11 heteroatoms. The quantitative estimate of drug-likeness (QED) is 0.0584. The summed E-state index contributed by atoms with van der Waals surface area (Å²) in [5.74, 6) is -0.488. The summed E-state index contributed by atoms with van der Waals surface area (Å²) in [6, 6.07) is 0. The molecule has 0 radical (unpaired) electrons. The summed E-state index contributed by atoms with van der Waals surface area (Å²) in [6.45, 7) is 0.249. The van der Waals surface area contributed by atoms with E-state index in [2.05, 4.69) is 6.92 Å². The number of unbranched alkanes of at least 4 members (excludes halogenated alkanes) is 14. The molecule has 0 rings (SSSR count). The highest BCUT2D eigenvalue weighted by atomic mass is 17.2. The molecule has 0 aromatic rings. The fraction of sp³-hybridized carbons (Fsp3) is 0.963. The highest BCUT2D eigenvalue weighted by molar-refractivity contribution is 5.68. The normalized spacial score (nSPS) is 13.9. The van der Waals surface area contributed by atoms with Crippen molar-refractivity contribution < 1.29 is 54.5 Å². The Bertz CT molecular complexity index is 496. The molecule has 0 heterocycles. The van der Waals surface area contributed by atoms with Crippen molar-refractivity contribution in [3.63, 3.8) is 0 Å². The molecule has 11 nitrogen and oxygen atoms in total. The minimum absolute atomic E-state index is 0.218. The molecular weight excluding hydrogens is 500 g/mol. The Kier molecular flexibility index (Phi) is 28.4. The fourth-order valence-electron chi connectivity index (χ4n) is 3.53. The number of aliphatic hydroxyl groups excluding tert-OH is 4. The molecule has 0 spiro atoms. The maximum atomic E-state index is 11.9. The molecule has 228 valence electrons. The van der Waals surface area contributed by atoms with Crippen LogP contribution in [0.2, 0.25) is 0 Å². The first kappa shape index (κ1) is 37.1. The van der Waals surface area contributed by atoms with Crippen LogP contribution in [0.25, 0.3) is 0 Å². The zero-order chi connectivity index (χ0) is 28.1. The van der Waals surface area contributed by atoms with E-state index in [9.17, 15) is 15.0 Å². The first-order valence-corrected chi connectivity index (χ1v) is 14.5. The lowest BCUT2D eigenvalue weighted by Crippen LogP contribution is -2.30. The van der Waals surface area contributed by atoms with Crippen molar-refractivity contribution in [1.29, 1.82) is 0 Å². The molecule has 38 heavy (non-hydrogen) atoms. The average molecular weight is 555 g/mol. The fourth-order valence-corrected chi connectivity index (χ4v) is 3.53. The second kappa shape index (κ2) is 29.1. The van der Waals surface area contributed by atoms with E-state index in [0.717, 1.165) is 19.3 Å². The van der Waals surface area contributed by atoms with Gasteiger partial charge in [0.25, 0.3) is 0 Å². The van der Waals surface area contributed by atoms with Gasteiger partial charge < -0.3 is 20.4 Å². The number of aliphatic hydroxyl groups is 4. The van der Waals surface area contributed by atoms with Crippen LogP contribution in [0.4, 0.5) is 0 Å². The lowest BCUT2D eigenvalue weighted by molar-refractivity contribution is -0.392. The molecule has 0 aromatic carbocycles. The third kappa shape index (κ3) is 26.7. The van der Waals surface area contributed by atoms with Crippen LogP contribution in [0.1, 0.15) is 110 Å². The smallest absolute Gasteiger partial charge is 0.342 e. The van der Waals surface area contributed by atoms with Crippen molar-refractivity contribution in [2.45, 2.75) is 128 Å². The highest BCUT2D eigenvalue weighted by Gasteiger charge is 2.16. The van der Waals surface area contributed by atoms with Gasteiger partial charge in [0.05, 0.1) is 13.2 Å². The Morgan fingerprint density at radius 2 is 1.00 bits per heavy atom. The lowest BCUT2D eigenvalue weighted by atomic mass is 10.0. The molecule has 0 amide bonds. The first-order valence-electron chi connectivity index (χ1n) is 14.5. The topological polar surface area (TPSA) is 153 Å². The predicted molar refractivity (Wildman–Crippen MR) is 141 cm³/mol. The summed E-state index contributed by atoms with van der Waals surface area (Å²) in [5, 5.41) is 36.0. The summed E-state index contributed by atoms with van der Waals surface area (Å²) in [6.07, 6.45) is 15.9. The minimum atomic E-state index is -1.12. The Morgan fingerprint density at radius 1 is 0.579 bits per heavy atom. The van der Waals surface area contributed by atoms with Crippen molar-refractivity contribution >= 4 is 5.97 Å². The Morgan fingerprint density at radius 3 is 1.50 bits per heavy atom. The monoisotopic (exact) mass is 554 g/mol. The Hall–Kier alpha value is -0.890. The van der Waals surface area contributed by atoms with Gasteiger partial charge in [-0.1, -0.05) is 96.8 Å². The average Bonchev–Trinajstić information content (AvgIpc) is 2.92. The zero-order valence-corrected chi connectivity index (χ0v) is 23.4. The van der Waals surface area contributed by atoms with E-state index in [1.807, 2.05) is 0 Å². The molecule has 0 aliphatic rings. The molecule has 4 N–H and O–H groups in total. The van der Waals surface area contributed by atoms with Crippen LogP contribution in [0.5, 0.6) is 0 Å². The van der Waals surface area contributed by atoms with Gasteiger partial charge in [0.2, 0.25) is 0 Å². The third-order valence-corrected chi connectivity index (χ3v) is 5.87. The number of hydrogen-bond acceptors (Lipinski definition) is 11. The van der Waals surface area contributed by atoms with Gasteiger partial charge in [-0.05, 0) is 6.42 Å². The van der Waals surface area contributed by atoms with Gasteiger partial charge in [0, 0.05) is 6.42 Å². The zero-order valence-electron chi connectivity index (χ0n) is 23.4. The molecule has 0 saturated carbocycles. The largest absolute Gasteiger partial charge is 0.394 e. The Balaban J connectivity index is 3.74. The summed E-state index contributed by atoms with van der Waals surface area (Å²) < 4.78 is 0. The molecule has 0 bridgehead atoms. The van der Waals surface area contributed by atoms with Crippen LogP contribution in [-0.4, -0.2) is 84.3 Å². The van der Waals surface area contributed by atoms with Crippen LogP contribution in [-0.2, 0) is 34.1 Å². The van der Waals surface area contributed by atoms with Crippen molar-refractivity contribution in [2.75, 3.05) is 39.6 Å². The van der Waals surface area contributed by atoms with E-state index in [-0.39, 0.29) is 32.8 Å². The summed E-state index contributed by atoms with van der Waals surface area (Å²) in [5.41, 5.74) is 0. The van der Waals surface area contributed by atoms with Crippen LogP contribution >= 0.6 is 0 Å². The molecule has 0 fully saturated rings. The SMILES string of the molecule is CCCCCCCCCCCCCCCCCC(=O)OOCC(COOCC(O)CO)OOCC(O)CO. The van der Waals surface area contributed by atoms with E-state index in [0.29, 0.717) is 0 Å². The van der Waals surface area contributed by atoms with Crippen LogP contribution in [0.15, 0.2) is 0 Å². The van der Waals surface area contributed by atoms with Crippen molar-refractivity contribution in [3.05, 3.63) is 0 Å². The van der Waals surface area contributed by atoms with E-state index >= 15 is 0 Å². The van der Waals surface area contributed by atoms with Crippen LogP contribution in [0, 0.1) is 0 Å². The summed E-state index contributed by atoms with van der Waals surface area (Å²) in [7, 11) is 0. The van der Waals surface area contributed by atoms with Crippen molar-refractivity contribution in [1.82, 2.24) is 0 Å². The molecule has 3 unspecified atom stereocenters. The van der Waals surface area contributed by atoms with Gasteiger partial charge in [0.15, 0.2) is 0 Å². The van der Waals surface area contributed by atoms with Crippen LogP contribution in [0.3, 0.4) is 0 Å². The summed E-state index contributed by atoms with van der Waals surface area (Å²) >= 11 is 0. The second-order valence-corrected chi connectivity index (χ2v) is 9.68. The number of carbonyl (C=O) groups is 1. The van der Waals surface area contributed by atoms with Crippen molar-refractivity contribution in [3.8, 4) is 0 Å². The Labute approximate surface area is 228 Å². The van der Waals surface area contributed by atoms with Gasteiger partial charge in [-0.2, -0.15) is 4.89 Å². The van der Waals surface area contributed by atoms with Gasteiger partial charge >= 0.3 is 5.97 Å². The number of hydrogen-bond donors (Lipinski definition) is 4. The third-order valence-electron chi connectivity index (χ3n) is 5.87. The lowest BCUT2D eigenvalue weighted by Gasteiger charge is -2.17. The molecule has 0 aromatic heterocycles. The molecule has 3 atom stereocenters. The van der Waals surface area contributed by atoms with Gasteiger partial charge in [-0.3, -0.25) is 4.89 Å². The first-order chi connectivity index (χ1) is 18.5. The summed E-state index contributed by atoms with van der Waals surface area (Å²) in [4.78, 5) is 41.0. The number of rotatable bonds is 30. The minimum Gasteiger partial charge on any atom is -0.394 e. The van der Waals surface area contributed by atoms with E-state index in [1.54, 1.807) is 0 Å². The second-order valence-electron chi connectivity index (χ2n) is 9.68. The molecule has 0 aliphatic heterocycles. The molecular formula is C27H54O11. The highest BCUT2D eigenvalue weighted by Crippen LogP contribution is 2.14. The van der Waals surface area contributed by atoms with Crippen molar-refractivity contribution in [2.24, 2.45) is 0 Å². The number of carbonyl (C=O) groups excluding carboxylic acids is 1. The van der Waals surface area contributed by atoms with Gasteiger partial charge in [-0.15, -0.1) is 0 Å². The standard InChI is InChI=1S/C27H54O11/c1-2-3-4-5-6-7-8-9-10-11-12-13-14-15-16-17-27(32)38-36-23-26(37-35-21-25(31)19-29)22-34-33-20-24(30)18-28/h24-26,28-31H,2-23H2,1H3. The molecule has 0 aliphatic carbocycles. The van der Waals surface area contributed by atoms with Crippen LogP contribution < -0.4 is 0 Å². The van der Waals surface area contributed by atoms with E-state index in [4.69, 9.17) is 39.5 Å². The predicted octanol–water partition coefficient (Wildman–Crippen LogP) is 3.69. The molecule has 0 saturated heterocycles.